The third-order valence-corrected chi connectivity index (χ3v) is 2.78. The molecule has 0 fully saturated rings. The summed E-state index contributed by atoms with van der Waals surface area (Å²) in [5.41, 5.74) is 7.01. The molecule has 1 aromatic carbocycles. The molecular formula is C12H15FN4O. The summed E-state index contributed by atoms with van der Waals surface area (Å²) in [5, 5.41) is 7.70. The number of hydrogen-bond acceptors (Lipinski definition) is 4. The second-order valence-electron chi connectivity index (χ2n) is 3.89. The van der Waals surface area contributed by atoms with Gasteiger partial charge in [0, 0.05) is 11.6 Å². The molecule has 6 heteroatoms. The van der Waals surface area contributed by atoms with E-state index in [2.05, 4.69) is 10.3 Å². The van der Waals surface area contributed by atoms with Crippen LogP contribution in [0.25, 0.3) is 0 Å². The molecule has 0 aliphatic rings. The average Bonchev–Trinajstić information content (AvgIpc) is 2.72. The number of nitrogen functional groups attached to an aromatic ring is 1. The zero-order chi connectivity index (χ0) is 13.1. The van der Waals surface area contributed by atoms with Gasteiger partial charge in [-0.1, -0.05) is 18.2 Å². The minimum atomic E-state index is -0.328. The Hall–Kier alpha value is -2.11. The maximum atomic E-state index is 13.8. The van der Waals surface area contributed by atoms with E-state index in [0.29, 0.717) is 30.1 Å². The Morgan fingerprint density at radius 1 is 1.44 bits per heavy atom. The van der Waals surface area contributed by atoms with Crippen molar-refractivity contribution in [3.8, 4) is 5.75 Å². The van der Waals surface area contributed by atoms with E-state index in [1.807, 2.05) is 6.92 Å². The van der Waals surface area contributed by atoms with Gasteiger partial charge < -0.3 is 10.5 Å². The van der Waals surface area contributed by atoms with Crippen LogP contribution in [0.15, 0.2) is 18.2 Å². The maximum Gasteiger partial charge on any atom is 0.169 e. The lowest BCUT2D eigenvalue weighted by Crippen LogP contribution is -2.08. The topological polar surface area (TPSA) is 66.0 Å². The third kappa shape index (κ3) is 2.27. The largest absolute Gasteiger partial charge is 0.497 e. The Morgan fingerprint density at radius 2 is 2.22 bits per heavy atom. The summed E-state index contributed by atoms with van der Waals surface area (Å²) < 4.78 is 20.4. The molecule has 0 radical (unpaired) electrons. The lowest BCUT2D eigenvalue weighted by Gasteiger charge is -2.07. The number of hydrogen-bond donors (Lipinski definition) is 1. The van der Waals surface area contributed by atoms with Gasteiger partial charge >= 0.3 is 0 Å². The van der Waals surface area contributed by atoms with Gasteiger partial charge in [0.15, 0.2) is 5.82 Å². The molecule has 2 N–H and O–H groups in total. The van der Waals surface area contributed by atoms with E-state index in [1.165, 1.54) is 13.2 Å². The summed E-state index contributed by atoms with van der Waals surface area (Å²) in [6.45, 7) is 2.26. The normalized spacial score (nSPS) is 10.6. The molecule has 0 amide bonds. The van der Waals surface area contributed by atoms with Crippen LogP contribution in [0.3, 0.4) is 0 Å². The molecule has 96 valence electrons. The molecule has 2 rings (SSSR count). The van der Waals surface area contributed by atoms with Gasteiger partial charge in [-0.15, -0.1) is 5.10 Å². The van der Waals surface area contributed by atoms with E-state index in [9.17, 15) is 4.39 Å². The van der Waals surface area contributed by atoms with E-state index in [-0.39, 0.29) is 5.82 Å². The lowest BCUT2D eigenvalue weighted by molar-refractivity contribution is 0.410. The molecule has 0 saturated carbocycles. The first-order valence-electron chi connectivity index (χ1n) is 5.66. The molecule has 0 spiro atoms. The maximum absolute atomic E-state index is 13.8. The van der Waals surface area contributed by atoms with E-state index in [4.69, 9.17) is 10.5 Å². The molecule has 1 heterocycles. The van der Waals surface area contributed by atoms with Crippen molar-refractivity contribution in [1.29, 1.82) is 0 Å². The van der Waals surface area contributed by atoms with Crippen LogP contribution >= 0.6 is 0 Å². The van der Waals surface area contributed by atoms with Crippen molar-refractivity contribution in [2.45, 2.75) is 19.9 Å². The summed E-state index contributed by atoms with van der Waals surface area (Å²) in [4.78, 5) is 0. The molecule has 1 aromatic heterocycles. The SMILES string of the molecule is CCc1c(N)nnn1Cc1ccc(OC)cc1F. The smallest absolute Gasteiger partial charge is 0.169 e. The number of benzene rings is 1. The molecule has 0 unspecified atom stereocenters. The molecule has 0 aliphatic carbocycles. The van der Waals surface area contributed by atoms with Gasteiger partial charge in [0.25, 0.3) is 0 Å². The van der Waals surface area contributed by atoms with Crippen LogP contribution in [0, 0.1) is 5.82 Å². The van der Waals surface area contributed by atoms with Gasteiger partial charge in [-0.25, -0.2) is 9.07 Å². The quantitative estimate of drug-likeness (QED) is 0.895. The zero-order valence-corrected chi connectivity index (χ0v) is 10.4. The van der Waals surface area contributed by atoms with Crippen molar-refractivity contribution in [2.24, 2.45) is 0 Å². The van der Waals surface area contributed by atoms with Crippen LogP contribution in [-0.2, 0) is 13.0 Å². The van der Waals surface area contributed by atoms with Gasteiger partial charge in [0.2, 0.25) is 0 Å². The monoisotopic (exact) mass is 250 g/mol. The van der Waals surface area contributed by atoms with Crippen molar-refractivity contribution in [1.82, 2.24) is 15.0 Å². The van der Waals surface area contributed by atoms with Crippen LogP contribution in [0.4, 0.5) is 10.2 Å². The Bertz CT molecular complexity index is 553. The van der Waals surface area contributed by atoms with E-state index < -0.39 is 0 Å². The predicted octanol–water partition coefficient (Wildman–Crippen LogP) is 1.62. The van der Waals surface area contributed by atoms with Crippen molar-refractivity contribution in [3.63, 3.8) is 0 Å². The van der Waals surface area contributed by atoms with Gasteiger partial charge in [-0.05, 0) is 12.5 Å². The molecule has 5 nitrogen and oxygen atoms in total. The van der Waals surface area contributed by atoms with E-state index in [1.54, 1.807) is 16.8 Å². The second-order valence-corrected chi connectivity index (χ2v) is 3.89. The fourth-order valence-corrected chi connectivity index (χ4v) is 1.78. The fraction of sp³-hybridized carbons (Fsp3) is 0.333. The van der Waals surface area contributed by atoms with Gasteiger partial charge in [0.05, 0.1) is 19.3 Å². The number of aromatic nitrogens is 3. The molecule has 0 saturated heterocycles. The number of ether oxygens (including phenoxy) is 1. The highest BCUT2D eigenvalue weighted by Crippen LogP contribution is 2.18. The van der Waals surface area contributed by atoms with E-state index in [0.717, 1.165) is 5.69 Å². The van der Waals surface area contributed by atoms with Crippen LogP contribution in [0.2, 0.25) is 0 Å². The number of rotatable bonds is 4. The first-order chi connectivity index (χ1) is 8.65. The molecule has 18 heavy (non-hydrogen) atoms. The van der Waals surface area contributed by atoms with Gasteiger partial charge in [-0.3, -0.25) is 0 Å². The number of anilines is 1. The lowest BCUT2D eigenvalue weighted by atomic mass is 10.2. The van der Waals surface area contributed by atoms with Crippen molar-refractivity contribution < 1.29 is 9.13 Å². The molecule has 0 aliphatic heterocycles. The molecule has 0 bridgehead atoms. The molecular weight excluding hydrogens is 235 g/mol. The van der Waals surface area contributed by atoms with Crippen molar-refractivity contribution >= 4 is 5.82 Å². The Balaban J connectivity index is 2.28. The number of nitrogens with two attached hydrogens (primary N) is 1. The van der Waals surface area contributed by atoms with Gasteiger partial charge in [0.1, 0.15) is 11.6 Å². The first kappa shape index (κ1) is 12.3. The summed E-state index contributed by atoms with van der Waals surface area (Å²) in [6.07, 6.45) is 0.705. The molecule has 0 atom stereocenters. The van der Waals surface area contributed by atoms with Crippen LogP contribution in [0.1, 0.15) is 18.2 Å². The van der Waals surface area contributed by atoms with Crippen molar-refractivity contribution in [2.75, 3.05) is 12.8 Å². The Morgan fingerprint density at radius 3 is 2.83 bits per heavy atom. The number of methoxy groups -OCH3 is 1. The fourth-order valence-electron chi connectivity index (χ4n) is 1.78. The highest BCUT2D eigenvalue weighted by molar-refractivity contribution is 5.34. The highest BCUT2D eigenvalue weighted by Gasteiger charge is 2.11. The molecule has 2 aromatic rings. The minimum Gasteiger partial charge on any atom is -0.497 e. The first-order valence-corrected chi connectivity index (χ1v) is 5.66. The summed E-state index contributed by atoms with van der Waals surface area (Å²) in [5.74, 6) is 0.557. The highest BCUT2D eigenvalue weighted by atomic mass is 19.1. The summed E-state index contributed by atoms with van der Waals surface area (Å²) >= 11 is 0. The van der Waals surface area contributed by atoms with Gasteiger partial charge in [-0.2, -0.15) is 0 Å². The predicted molar refractivity (Wildman–Crippen MR) is 65.9 cm³/mol. The third-order valence-electron chi connectivity index (χ3n) is 2.78. The number of halogens is 1. The Kier molecular flexibility index (Phi) is 3.45. The van der Waals surface area contributed by atoms with E-state index >= 15 is 0 Å². The van der Waals surface area contributed by atoms with Crippen LogP contribution in [0.5, 0.6) is 5.75 Å². The number of nitrogens with zero attached hydrogens (tertiary/aromatic N) is 3. The average molecular weight is 250 g/mol. The summed E-state index contributed by atoms with van der Waals surface area (Å²) in [7, 11) is 1.50. The summed E-state index contributed by atoms with van der Waals surface area (Å²) in [6, 6.07) is 4.73. The minimum absolute atomic E-state index is 0.309. The standard InChI is InChI=1S/C12H15FN4O/c1-3-11-12(14)15-16-17(11)7-8-4-5-9(18-2)6-10(8)13/h4-6H,3,7,14H2,1-2H3. The van der Waals surface area contributed by atoms with Crippen molar-refractivity contribution in [3.05, 3.63) is 35.3 Å². The van der Waals surface area contributed by atoms with Crippen LogP contribution < -0.4 is 10.5 Å². The van der Waals surface area contributed by atoms with Crippen LogP contribution in [-0.4, -0.2) is 22.1 Å². The second kappa shape index (κ2) is 5.03. The zero-order valence-electron chi connectivity index (χ0n) is 10.4. The Labute approximate surface area is 104 Å².